The monoisotopic (exact) mass is 188 g/mol. The molecule has 1 aromatic heterocycles. The van der Waals surface area contributed by atoms with Gasteiger partial charge in [-0.1, -0.05) is 11.6 Å². The molecule has 0 spiro atoms. The first-order chi connectivity index (χ1) is 5.52. The second-order valence-corrected chi connectivity index (χ2v) is 3.39. The lowest BCUT2D eigenvalue weighted by molar-refractivity contribution is 0.167. The van der Waals surface area contributed by atoms with E-state index in [2.05, 4.69) is 5.10 Å². The molecule has 12 heavy (non-hydrogen) atoms. The van der Waals surface area contributed by atoms with Crippen molar-refractivity contribution < 1.29 is 5.11 Å². The van der Waals surface area contributed by atoms with Crippen molar-refractivity contribution in [2.45, 2.75) is 33.4 Å². The fourth-order valence-electron chi connectivity index (χ4n) is 1.10. The molecule has 1 N–H and O–H groups in total. The van der Waals surface area contributed by atoms with Crippen LogP contribution < -0.4 is 0 Å². The molecule has 4 heteroatoms. The van der Waals surface area contributed by atoms with Gasteiger partial charge < -0.3 is 5.11 Å². The SMILES string of the molecule is Cc1nn(C[C@H](C)O)c(C)c1Cl. The minimum absolute atomic E-state index is 0.390. The van der Waals surface area contributed by atoms with Gasteiger partial charge in [-0.15, -0.1) is 0 Å². The summed E-state index contributed by atoms with van der Waals surface area (Å²) in [6.45, 7) is 5.97. The highest BCUT2D eigenvalue weighted by atomic mass is 35.5. The van der Waals surface area contributed by atoms with Crippen LogP contribution in [-0.4, -0.2) is 21.0 Å². The molecule has 1 rings (SSSR count). The van der Waals surface area contributed by atoms with Gasteiger partial charge in [0, 0.05) is 0 Å². The molecule has 0 saturated carbocycles. The standard InChI is InChI=1S/C8H13ClN2O/c1-5(12)4-11-7(3)8(9)6(2)10-11/h5,12H,4H2,1-3H3/t5-/m0/s1. The second kappa shape index (κ2) is 3.46. The molecular formula is C8H13ClN2O. The van der Waals surface area contributed by atoms with Crippen LogP contribution in [0.25, 0.3) is 0 Å². The normalized spacial score (nSPS) is 13.4. The zero-order valence-corrected chi connectivity index (χ0v) is 8.26. The summed E-state index contributed by atoms with van der Waals surface area (Å²) in [5.41, 5.74) is 1.73. The van der Waals surface area contributed by atoms with E-state index in [0.29, 0.717) is 11.6 Å². The van der Waals surface area contributed by atoms with Gasteiger partial charge in [0.15, 0.2) is 0 Å². The minimum atomic E-state index is -0.390. The van der Waals surface area contributed by atoms with Gasteiger partial charge in [-0.25, -0.2) is 0 Å². The Bertz CT molecular complexity index is 281. The molecule has 0 bridgehead atoms. The van der Waals surface area contributed by atoms with Gasteiger partial charge in [0.1, 0.15) is 0 Å². The van der Waals surface area contributed by atoms with Crippen LogP contribution in [-0.2, 0) is 6.54 Å². The molecule has 68 valence electrons. The van der Waals surface area contributed by atoms with Crippen molar-refractivity contribution in [2.24, 2.45) is 0 Å². The lowest BCUT2D eigenvalue weighted by atomic mass is 10.4. The second-order valence-electron chi connectivity index (χ2n) is 3.02. The Labute approximate surface area is 77.0 Å². The number of aliphatic hydroxyl groups is 1. The quantitative estimate of drug-likeness (QED) is 0.765. The van der Waals surface area contributed by atoms with Crippen LogP contribution in [0, 0.1) is 13.8 Å². The third-order valence-corrected chi connectivity index (χ3v) is 2.28. The Hall–Kier alpha value is -0.540. The number of hydrogen-bond donors (Lipinski definition) is 1. The topological polar surface area (TPSA) is 38.0 Å². The van der Waals surface area contributed by atoms with Crippen molar-refractivity contribution in [2.75, 3.05) is 0 Å². The third-order valence-electron chi connectivity index (χ3n) is 1.73. The Balaban J connectivity index is 2.93. The van der Waals surface area contributed by atoms with Gasteiger partial charge in [0.05, 0.1) is 29.1 Å². The van der Waals surface area contributed by atoms with Crippen LogP contribution in [0.4, 0.5) is 0 Å². The van der Waals surface area contributed by atoms with E-state index in [4.69, 9.17) is 16.7 Å². The molecule has 1 atom stereocenters. The van der Waals surface area contributed by atoms with Crippen LogP contribution in [0.15, 0.2) is 0 Å². The lowest BCUT2D eigenvalue weighted by Gasteiger charge is -2.05. The summed E-state index contributed by atoms with van der Waals surface area (Å²) in [4.78, 5) is 0. The van der Waals surface area contributed by atoms with Crippen molar-refractivity contribution in [3.05, 3.63) is 16.4 Å². The molecule has 0 saturated heterocycles. The van der Waals surface area contributed by atoms with Crippen molar-refractivity contribution >= 4 is 11.6 Å². The maximum Gasteiger partial charge on any atom is 0.0844 e. The van der Waals surface area contributed by atoms with E-state index in [9.17, 15) is 0 Å². The van der Waals surface area contributed by atoms with Crippen LogP contribution in [0.5, 0.6) is 0 Å². The first-order valence-electron chi connectivity index (χ1n) is 3.90. The van der Waals surface area contributed by atoms with Gasteiger partial charge >= 0.3 is 0 Å². The maximum atomic E-state index is 9.13. The number of halogens is 1. The van der Waals surface area contributed by atoms with Crippen LogP contribution in [0.3, 0.4) is 0 Å². The molecular weight excluding hydrogens is 176 g/mol. The van der Waals surface area contributed by atoms with Crippen LogP contribution in [0.2, 0.25) is 5.02 Å². The highest BCUT2D eigenvalue weighted by Crippen LogP contribution is 2.18. The highest BCUT2D eigenvalue weighted by Gasteiger charge is 2.09. The molecule has 0 aliphatic carbocycles. The van der Waals surface area contributed by atoms with E-state index in [1.165, 1.54) is 0 Å². The van der Waals surface area contributed by atoms with E-state index >= 15 is 0 Å². The third kappa shape index (κ3) is 1.79. The van der Waals surface area contributed by atoms with Gasteiger partial charge in [0.2, 0.25) is 0 Å². The number of aliphatic hydroxyl groups excluding tert-OH is 1. The van der Waals surface area contributed by atoms with E-state index in [1.807, 2.05) is 13.8 Å². The van der Waals surface area contributed by atoms with Crippen LogP contribution in [0.1, 0.15) is 18.3 Å². The first kappa shape index (κ1) is 9.55. The zero-order chi connectivity index (χ0) is 9.30. The summed E-state index contributed by atoms with van der Waals surface area (Å²) in [6.07, 6.45) is -0.390. The molecule has 0 fully saturated rings. The molecule has 0 amide bonds. The summed E-state index contributed by atoms with van der Waals surface area (Å²) >= 11 is 5.92. The van der Waals surface area contributed by atoms with E-state index in [1.54, 1.807) is 11.6 Å². The number of rotatable bonds is 2. The maximum absolute atomic E-state index is 9.13. The zero-order valence-electron chi connectivity index (χ0n) is 7.50. The Morgan fingerprint density at radius 2 is 2.17 bits per heavy atom. The van der Waals surface area contributed by atoms with Crippen molar-refractivity contribution in [1.82, 2.24) is 9.78 Å². The van der Waals surface area contributed by atoms with Gasteiger partial charge in [-0.05, 0) is 20.8 Å². The molecule has 1 heterocycles. The molecule has 3 nitrogen and oxygen atoms in total. The summed E-state index contributed by atoms with van der Waals surface area (Å²) in [5, 5.41) is 14.0. The van der Waals surface area contributed by atoms with Crippen LogP contribution >= 0.6 is 11.6 Å². The van der Waals surface area contributed by atoms with E-state index < -0.39 is 0 Å². The summed E-state index contributed by atoms with van der Waals surface area (Å²) in [7, 11) is 0. The number of nitrogens with zero attached hydrogens (tertiary/aromatic N) is 2. The molecule has 0 aliphatic heterocycles. The largest absolute Gasteiger partial charge is 0.391 e. The van der Waals surface area contributed by atoms with E-state index in [0.717, 1.165) is 11.4 Å². The first-order valence-corrected chi connectivity index (χ1v) is 4.27. The van der Waals surface area contributed by atoms with Crippen molar-refractivity contribution in [3.63, 3.8) is 0 Å². The predicted octanol–water partition coefficient (Wildman–Crippen LogP) is 1.53. The van der Waals surface area contributed by atoms with E-state index in [-0.39, 0.29) is 6.10 Å². The fraction of sp³-hybridized carbons (Fsp3) is 0.625. The van der Waals surface area contributed by atoms with Crippen molar-refractivity contribution in [1.29, 1.82) is 0 Å². The Kier molecular flexibility index (Phi) is 2.75. The number of hydrogen-bond acceptors (Lipinski definition) is 2. The lowest BCUT2D eigenvalue weighted by Crippen LogP contribution is -2.14. The average molecular weight is 189 g/mol. The van der Waals surface area contributed by atoms with Crippen molar-refractivity contribution in [3.8, 4) is 0 Å². The number of aromatic nitrogens is 2. The van der Waals surface area contributed by atoms with Gasteiger partial charge in [0.25, 0.3) is 0 Å². The average Bonchev–Trinajstić information content (AvgIpc) is 2.17. The molecule has 0 aliphatic rings. The predicted molar refractivity (Wildman–Crippen MR) is 48.4 cm³/mol. The van der Waals surface area contributed by atoms with Gasteiger partial charge in [-0.3, -0.25) is 4.68 Å². The minimum Gasteiger partial charge on any atom is -0.391 e. The molecule has 0 unspecified atom stereocenters. The van der Waals surface area contributed by atoms with Gasteiger partial charge in [-0.2, -0.15) is 5.10 Å². The highest BCUT2D eigenvalue weighted by molar-refractivity contribution is 6.31. The Morgan fingerprint density at radius 3 is 2.50 bits per heavy atom. The summed E-state index contributed by atoms with van der Waals surface area (Å²) < 4.78 is 1.72. The molecule has 1 aromatic rings. The summed E-state index contributed by atoms with van der Waals surface area (Å²) in [6, 6.07) is 0. The smallest absolute Gasteiger partial charge is 0.0844 e. The molecule has 0 radical (unpaired) electrons. The fourth-order valence-corrected chi connectivity index (χ4v) is 1.24. The Morgan fingerprint density at radius 1 is 1.58 bits per heavy atom. The molecule has 0 aromatic carbocycles. The number of aryl methyl sites for hydroxylation is 1. The summed E-state index contributed by atoms with van der Waals surface area (Å²) in [5.74, 6) is 0.